The molecule has 0 aliphatic rings. The second kappa shape index (κ2) is 3.88. The molecule has 1 aromatic rings. The lowest BCUT2D eigenvalue weighted by Crippen LogP contribution is -2.10. The van der Waals surface area contributed by atoms with Gasteiger partial charge in [-0.15, -0.1) is 0 Å². The third-order valence-corrected chi connectivity index (χ3v) is 1.93. The van der Waals surface area contributed by atoms with Crippen LogP contribution < -0.4 is 0 Å². The molecule has 0 amide bonds. The van der Waals surface area contributed by atoms with E-state index in [1.165, 1.54) is 12.1 Å². The summed E-state index contributed by atoms with van der Waals surface area (Å²) in [6, 6.07) is 5.39. The average molecular weight is 193 g/mol. The lowest BCUT2D eigenvalue weighted by atomic mass is 9.96. The highest BCUT2D eigenvalue weighted by atomic mass is 19.1. The molecule has 4 heteroatoms. The number of carboxylic acids is 1. The number of hydrogen-bond acceptors (Lipinski definition) is 2. The van der Waals surface area contributed by atoms with E-state index in [0.717, 1.165) is 6.07 Å². The lowest BCUT2D eigenvalue weighted by Gasteiger charge is -2.07. The van der Waals surface area contributed by atoms with Crippen molar-refractivity contribution in [2.45, 2.75) is 12.8 Å². The van der Waals surface area contributed by atoms with Gasteiger partial charge in [-0.2, -0.15) is 5.26 Å². The highest BCUT2D eigenvalue weighted by molar-refractivity contribution is 5.79. The van der Waals surface area contributed by atoms with Crippen LogP contribution in [0.4, 0.5) is 4.39 Å². The number of nitrogens with zero attached hydrogens (tertiary/aromatic N) is 1. The summed E-state index contributed by atoms with van der Waals surface area (Å²) in [5, 5.41) is 17.3. The van der Waals surface area contributed by atoms with Crippen LogP contribution in [0.15, 0.2) is 18.2 Å². The minimum absolute atomic E-state index is 0.208. The molecule has 0 aliphatic carbocycles. The van der Waals surface area contributed by atoms with Crippen LogP contribution >= 0.6 is 0 Å². The zero-order valence-electron chi connectivity index (χ0n) is 7.49. The van der Waals surface area contributed by atoms with Gasteiger partial charge in [-0.3, -0.25) is 4.79 Å². The van der Waals surface area contributed by atoms with E-state index in [2.05, 4.69) is 0 Å². The molecule has 1 unspecified atom stereocenters. The second-order valence-corrected chi connectivity index (χ2v) is 2.90. The molecule has 1 aromatic carbocycles. The summed E-state index contributed by atoms with van der Waals surface area (Å²) in [7, 11) is 0. The van der Waals surface area contributed by atoms with Crippen LogP contribution in [0.25, 0.3) is 0 Å². The van der Waals surface area contributed by atoms with Crippen LogP contribution in [0, 0.1) is 24.1 Å². The SMILES string of the molecule is Cc1ccc(F)cc1C(C#N)C(=O)O. The smallest absolute Gasteiger partial charge is 0.325 e. The summed E-state index contributed by atoms with van der Waals surface area (Å²) in [5.74, 6) is -3.10. The predicted octanol–water partition coefficient (Wildman–Crippen LogP) is 1.83. The van der Waals surface area contributed by atoms with Crippen molar-refractivity contribution < 1.29 is 14.3 Å². The summed E-state index contributed by atoms with van der Waals surface area (Å²) in [6.45, 7) is 1.64. The van der Waals surface area contributed by atoms with Crippen molar-refractivity contribution in [1.29, 1.82) is 5.26 Å². The fourth-order valence-electron chi connectivity index (χ4n) is 1.18. The Kier molecular flexibility index (Phi) is 2.82. The number of carbonyl (C=O) groups is 1. The number of benzene rings is 1. The van der Waals surface area contributed by atoms with Crippen molar-refractivity contribution in [2.24, 2.45) is 0 Å². The van der Waals surface area contributed by atoms with Gasteiger partial charge in [0, 0.05) is 0 Å². The van der Waals surface area contributed by atoms with Gasteiger partial charge in [0.25, 0.3) is 0 Å². The summed E-state index contributed by atoms with van der Waals surface area (Å²) in [6.07, 6.45) is 0. The third-order valence-electron chi connectivity index (χ3n) is 1.93. The molecule has 1 atom stereocenters. The van der Waals surface area contributed by atoms with Crippen molar-refractivity contribution in [2.75, 3.05) is 0 Å². The van der Waals surface area contributed by atoms with E-state index in [4.69, 9.17) is 10.4 Å². The number of aryl methyl sites for hydroxylation is 1. The first-order valence-electron chi connectivity index (χ1n) is 3.94. The molecule has 1 N–H and O–H groups in total. The molecule has 0 bridgehead atoms. The van der Waals surface area contributed by atoms with Gasteiger partial charge in [0.15, 0.2) is 5.92 Å². The summed E-state index contributed by atoms with van der Waals surface area (Å²) in [4.78, 5) is 10.6. The van der Waals surface area contributed by atoms with E-state index in [-0.39, 0.29) is 5.56 Å². The van der Waals surface area contributed by atoms with Gasteiger partial charge in [0.1, 0.15) is 5.82 Å². The molecule has 0 aliphatic heterocycles. The van der Waals surface area contributed by atoms with Crippen LogP contribution in [0.2, 0.25) is 0 Å². The summed E-state index contributed by atoms with van der Waals surface area (Å²) in [5.41, 5.74) is 0.806. The maximum Gasteiger partial charge on any atom is 0.325 e. The number of nitriles is 1. The molecular weight excluding hydrogens is 185 g/mol. The summed E-state index contributed by atoms with van der Waals surface area (Å²) < 4.78 is 12.8. The van der Waals surface area contributed by atoms with Crippen LogP contribution in [-0.2, 0) is 4.79 Å². The zero-order valence-corrected chi connectivity index (χ0v) is 7.49. The molecular formula is C10H8FNO2. The van der Waals surface area contributed by atoms with Crippen molar-refractivity contribution in [3.63, 3.8) is 0 Å². The van der Waals surface area contributed by atoms with Crippen LogP contribution in [0.5, 0.6) is 0 Å². The van der Waals surface area contributed by atoms with Crippen molar-refractivity contribution in [1.82, 2.24) is 0 Å². The Hall–Kier alpha value is -1.89. The van der Waals surface area contributed by atoms with Crippen molar-refractivity contribution in [3.8, 4) is 6.07 Å². The molecule has 0 saturated heterocycles. The molecule has 0 heterocycles. The van der Waals surface area contributed by atoms with Crippen molar-refractivity contribution in [3.05, 3.63) is 35.1 Å². The van der Waals surface area contributed by atoms with Crippen LogP contribution in [-0.4, -0.2) is 11.1 Å². The van der Waals surface area contributed by atoms with Gasteiger partial charge >= 0.3 is 5.97 Å². The average Bonchev–Trinajstić information content (AvgIpc) is 2.11. The normalized spacial score (nSPS) is 11.8. The van der Waals surface area contributed by atoms with Crippen molar-refractivity contribution >= 4 is 5.97 Å². The third kappa shape index (κ3) is 1.88. The van der Waals surface area contributed by atoms with Gasteiger partial charge in [-0.05, 0) is 30.2 Å². The van der Waals surface area contributed by atoms with Gasteiger partial charge in [-0.25, -0.2) is 4.39 Å². The van der Waals surface area contributed by atoms with E-state index in [9.17, 15) is 9.18 Å². The first-order chi connectivity index (χ1) is 6.56. The van der Waals surface area contributed by atoms with E-state index < -0.39 is 17.7 Å². The largest absolute Gasteiger partial charge is 0.480 e. The molecule has 72 valence electrons. The molecule has 1 rings (SSSR count). The monoisotopic (exact) mass is 193 g/mol. The molecule has 3 nitrogen and oxygen atoms in total. The maximum atomic E-state index is 12.8. The molecule has 0 spiro atoms. The zero-order chi connectivity index (χ0) is 10.7. The number of hydrogen-bond donors (Lipinski definition) is 1. The Morgan fingerprint density at radius 1 is 1.64 bits per heavy atom. The number of carboxylic acid groups (broad SMARTS) is 1. The molecule has 14 heavy (non-hydrogen) atoms. The first kappa shape index (κ1) is 10.2. The molecule has 0 aromatic heterocycles. The van der Waals surface area contributed by atoms with E-state index in [1.54, 1.807) is 13.0 Å². The highest BCUT2D eigenvalue weighted by Crippen LogP contribution is 2.20. The highest BCUT2D eigenvalue weighted by Gasteiger charge is 2.21. The standard InChI is InChI=1S/C10H8FNO2/c1-6-2-3-7(11)4-8(6)9(5-12)10(13)14/h2-4,9H,1H3,(H,13,14). The quantitative estimate of drug-likeness (QED) is 0.779. The molecule has 0 saturated carbocycles. The Bertz CT molecular complexity index is 409. The van der Waals surface area contributed by atoms with Crippen LogP contribution in [0.3, 0.4) is 0 Å². The first-order valence-corrected chi connectivity index (χ1v) is 3.94. The predicted molar refractivity (Wildman–Crippen MR) is 47.1 cm³/mol. The Morgan fingerprint density at radius 3 is 2.79 bits per heavy atom. The van der Waals surface area contributed by atoms with E-state index in [1.807, 2.05) is 0 Å². The Labute approximate surface area is 80.4 Å². The lowest BCUT2D eigenvalue weighted by molar-refractivity contribution is -0.137. The van der Waals surface area contributed by atoms with E-state index in [0.29, 0.717) is 5.56 Å². The number of rotatable bonds is 2. The Morgan fingerprint density at radius 2 is 2.29 bits per heavy atom. The van der Waals surface area contributed by atoms with E-state index >= 15 is 0 Å². The number of aliphatic carboxylic acids is 1. The fourth-order valence-corrected chi connectivity index (χ4v) is 1.18. The second-order valence-electron chi connectivity index (χ2n) is 2.90. The molecule has 0 radical (unpaired) electrons. The molecule has 0 fully saturated rings. The summed E-state index contributed by atoms with van der Waals surface area (Å²) >= 11 is 0. The topological polar surface area (TPSA) is 61.1 Å². The van der Waals surface area contributed by atoms with Gasteiger partial charge in [0.2, 0.25) is 0 Å². The van der Waals surface area contributed by atoms with Gasteiger partial charge in [-0.1, -0.05) is 6.07 Å². The Balaban J connectivity index is 3.23. The van der Waals surface area contributed by atoms with Crippen LogP contribution in [0.1, 0.15) is 17.0 Å². The minimum Gasteiger partial charge on any atom is -0.480 e. The minimum atomic E-state index is -1.30. The van der Waals surface area contributed by atoms with Gasteiger partial charge in [0.05, 0.1) is 6.07 Å². The fraction of sp³-hybridized carbons (Fsp3) is 0.200. The van der Waals surface area contributed by atoms with Gasteiger partial charge < -0.3 is 5.11 Å². The maximum absolute atomic E-state index is 12.8. The number of halogens is 1.